The summed E-state index contributed by atoms with van der Waals surface area (Å²) in [4.78, 5) is 0. The second-order valence-electron chi connectivity index (χ2n) is 4.71. The van der Waals surface area contributed by atoms with Crippen LogP contribution in [0.15, 0.2) is 46.9 Å². The van der Waals surface area contributed by atoms with Crippen LogP contribution in [0, 0.1) is 0 Å². The van der Waals surface area contributed by atoms with Gasteiger partial charge in [0, 0.05) is 0 Å². The molecule has 0 saturated heterocycles. The number of fused-ring (bicyclic) bond motifs is 1. The minimum atomic E-state index is -0.305. The van der Waals surface area contributed by atoms with Crippen LogP contribution >= 0.6 is 27.5 Å². The predicted octanol–water partition coefficient (Wildman–Crippen LogP) is 4.58. The van der Waals surface area contributed by atoms with Crippen LogP contribution in [-0.2, 0) is 0 Å². The number of rotatable bonds is 3. The standard InChI is InChI=1S/C16H14BrClO3/c1-19-12-7-6-10(8-11(12)17)16(18)15-9-20-13-4-2-3-5-14(13)21-15/h2-8,15-16H,9H2,1H3. The number of hydrogen-bond acceptors (Lipinski definition) is 3. The maximum absolute atomic E-state index is 6.55. The molecule has 21 heavy (non-hydrogen) atoms. The van der Waals surface area contributed by atoms with Crippen LogP contribution in [0.2, 0.25) is 0 Å². The first-order valence-corrected chi connectivity index (χ1v) is 7.78. The van der Waals surface area contributed by atoms with E-state index in [9.17, 15) is 0 Å². The largest absolute Gasteiger partial charge is 0.496 e. The third-order valence-corrected chi connectivity index (χ3v) is 4.50. The van der Waals surface area contributed by atoms with Crippen LogP contribution in [0.5, 0.6) is 17.2 Å². The van der Waals surface area contributed by atoms with Crippen molar-refractivity contribution < 1.29 is 14.2 Å². The highest BCUT2D eigenvalue weighted by atomic mass is 79.9. The van der Waals surface area contributed by atoms with E-state index in [2.05, 4.69) is 15.9 Å². The van der Waals surface area contributed by atoms with Gasteiger partial charge in [0.05, 0.1) is 17.0 Å². The number of methoxy groups -OCH3 is 1. The van der Waals surface area contributed by atoms with E-state index in [1.807, 2.05) is 42.5 Å². The van der Waals surface area contributed by atoms with Crippen molar-refractivity contribution in [1.29, 1.82) is 0 Å². The van der Waals surface area contributed by atoms with Gasteiger partial charge in [-0.15, -0.1) is 11.6 Å². The summed E-state index contributed by atoms with van der Waals surface area (Å²) >= 11 is 10.0. The number of ether oxygens (including phenoxy) is 3. The molecule has 2 unspecified atom stereocenters. The summed E-state index contributed by atoms with van der Waals surface area (Å²) in [7, 11) is 1.63. The molecule has 1 aliphatic heterocycles. The van der Waals surface area contributed by atoms with Crippen molar-refractivity contribution in [2.45, 2.75) is 11.5 Å². The molecule has 0 amide bonds. The van der Waals surface area contributed by atoms with Crippen molar-refractivity contribution in [3.63, 3.8) is 0 Å². The van der Waals surface area contributed by atoms with Gasteiger partial charge in [0.1, 0.15) is 12.4 Å². The fourth-order valence-corrected chi connectivity index (χ4v) is 3.07. The summed E-state index contributed by atoms with van der Waals surface area (Å²) in [5.74, 6) is 2.26. The highest BCUT2D eigenvalue weighted by Gasteiger charge is 2.29. The Morgan fingerprint density at radius 2 is 2.00 bits per heavy atom. The van der Waals surface area contributed by atoms with E-state index in [1.165, 1.54) is 0 Å². The normalized spacial score (nSPS) is 18.1. The van der Waals surface area contributed by atoms with Gasteiger partial charge in [-0.25, -0.2) is 0 Å². The molecule has 110 valence electrons. The second-order valence-corrected chi connectivity index (χ2v) is 6.03. The van der Waals surface area contributed by atoms with E-state index >= 15 is 0 Å². The molecule has 3 nitrogen and oxygen atoms in total. The van der Waals surface area contributed by atoms with E-state index in [0.717, 1.165) is 27.3 Å². The predicted molar refractivity (Wildman–Crippen MR) is 85.6 cm³/mol. The van der Waals surface area contributed by atoms with Crippen molar-refractivity contribution in [1.82, 2.24) is 0 Å². The van der Waals surface area contributed by atoms with Crippen LogP contribution in [0.25, 0.3) is 0 Å². The minimum Gasteiger partial charge on any atom is -0.496 e. The van der Waals surface area contributed by atoms with Crippen LogP contribution in [0.3, 0.4) is 0 Å². The van der Waals surface area contributed by atoms with Crippen LogP contribution in [-0.4, -0.2) is 19.8 Å². The van der Waals surface area contributed by atoms with E-state index in [-0.39, 0.29) is 11.5 Å². The molecule has 0 spiro atoms. The fraction of sp³-hybridized carbons (Fsp3) is 0.250. The van der Waals surface area contributed by atoms with Gasteiger partial charge >= 0.3 is 0 Å². The Kier molecular flexibility index (Phi) is 4.27. The Bertz CT molecular complexity index is 647. The molecule has 0 aromatic heterocycles. The molecule has 3 rings (SSSR count). The number of para-hydroxylation sites is 2. The number of halogens is 2. The summed E-state index contributed by atoms with van der Waals surface area (Å²) in [6.45, 7) is 0.425. The zero-order chi connectivity index (χ0) is 14.8. The summed E-state index contributed by atoms with van der Waals surface area (Å²) in [6.07, 6.45) is -0.234. The average molecular weight is 370 g/mol. The van der Waals surface area contributed by atoms with E-state index in [1.54, 1.807) is 7.11 Å². The summed E-state index contributed by atoms with van der Waals surface area (Å²) in [6, 6.07) is 13.4. The van der Waals surface area contributed by atoms with Crippen LogP contribution < -0.4 is 14.2 Å². The Balaban J connectivity index is 1.80. The van der Waals surface area contributed by atoms with E-state index in [4.69, 9.17) is 25.8 Å². The lowest BCUT2D eigenvalue weighted by Crippen LogP contribution is -2.32. The van der Waals surface area contributed by atoms with Crippen molar-refractivity contribution in [3.8, 4) is 17.2 Å². The number of alkyl halides is 1. The van der Waals surface area contributed by atoms with Gasteiger partial charge in [0.2, 0.25) is 0 Å². The van der Waals surface area contributed by atoms with Gasteiger partial charge in [-0.05, 0) is 45.8 Å². The Labute approximate surface area is 136 Å². The van der Waals surface area contributed by atoms with Gasteiger partial charge in [-0.1, -0.05) is 18.2 Å². The molecule has 1 heterocycles. The molecule has 0 bridgehead atoms. The summed E-state index contributed by atoms with van der Waals surface area (Å²) in [5.41, 5.74) is 0.956. The zero-order valence-corrected chi connectivity index (χ0v) is 13.7. The Morgan fingerprint density at radius 3 is 2.71 bits per heavy atom. The number of benzene rings is 2. The Morgan fingerprint density at radius 1 is 1.24 bits per heavy atom. The lowest BCUT2D eigenvalue weighted by atomic mass is 10.1. The average Bonchev–Trinajstić information content (AvgIpc) is 2.53. The highest BCUT2D eigenvalue weighted by molar-refractivity contribution is 9.10. The molecule has 1 aliphatic rings. The van der Waals surface area contributed by atoms with Gasteiger partial charge in [0.15, 0.2) is 17.6 Å². The molecule has 0 saturated carbocycles. The lowest BCUT2D eigenvalue weighted by molar-refractivity contribution is 0.0877. The maximum Gasteiger partial charge on any atom is 0.161 e. The summed E-state index contributed by atoms with van der Waals surface area (Å²) in [5, 5.41) is -0.305. The van der Waals surface area contributed by atoms with Crippen LogP contribution in [0.1, 0.15) is 10.9 Å². The molecule has 0 N–H and O–H groups in total. The van der Waals surface area contributed by atoms with Gasteiger partial charge < -0.3 is 14.2 Å². The quantitative estimate of drug-likeness (QED) is 0.741. The zero-order valence-electron chi connectivity index (χ0n) is 11.4. The van der Waals surface area contributed by atoms with Gasteiger partial charge in [-0.2, -0.15) is 0 Å². The molecule has 0 aliphatic carbocycles. The van der Waals surface area contributed by atoms with Crippen molar-refractivity contribution >= 4 is 27.5 Å². The first-order chi connectivity index (χ1) is 10.2. The number of hydrogen-bond donors (Lipinski definition) is 0. The van der Waals surface area contributed by atoms with Crippen molar-refractivity contribution in [3.05, 3.63) is 52.5 Å². The van der Waals surface area contributed by atoms with Gasteiger partial charge in [-0.3, -0.25) is 0 Å². The molecule has 2 aromatic rings. The minimum absolute atomic E-state index is 0.234. The molecular formula is C16H14BrClO3. The first-order valence-electron chi connectivity index (χ1n) is 6.55. The second kappa shape index (κ2) is 6.16. The molecule has 5 heteroatoms. The molecule has 0 fully saturated rings. The summed E-state index contributed by atoms with van der Waals surface area (Å²) < 4.78 is 17.7. The first kappa shape index (κ1) is 14.5. The Hall–Kier alpha value is -1.39. The third-order valence-electron chi connectivity index (χ3n) is 3.35. The fourth-order valence-electron chi connectivity index (χ4n) is 2.25. The van der Waals surface area contributed by atoms with E-state index < -0.39 is 0 Å². The maximum atomic E-state index is 6.55. The molecular weight excluding hydrogens is 356 g/mol. The van der Waals surface area contributed by atoms with Crippen molar-refractivity contribution in [2.24, 2.45) is 0 Å². The van der Waals surface area contributed by atoms with E-state index in [0.29, 0.717) is 6.61 Å². The smallest absolute Gasteiger partial charge is 0.161 e. The molecule has 0 radical (unpaired) electrons. The topological polar surface area (TPSA) is 27.7 Å². The third kappa shape index (κ3) is 2.97. The molecule has 2 aromatic carbocycles. The monoisotopic (exact) mass is 368 g/mol. The molecule has 2 atom stereocenters. The van der Waals surface area contributed by atoms with Crippen LogP contribution in [0.4, 0.5) is 0 Å². The lowest BCUT2D eigenvalue weighted by Gasteiger charge is -2.29. The van der Waals surface area contributed by atoms with Gasteiger partial charge in [0.25, 0.3) is 0 Å². The SMILES string of the molecule is COc1ccc(C(Cl)C2COc3ccccc3O2)cc1Br. The van der Waals surface area contributed by atoms with Crippen molar-refractivity contribution in [2.75, 3.05) is 13.7 Å². The highest BCUT2D eigenvalue weighted by Crippen LogP contribution is 2.38.